The van der Waals surface area contributed by atoms with Gasteiger partial charge in [0.05, 0.1) is 12.3 Å². The predicted octanol–water partition coefficient (Wildman–Crippen LogP) is 6.14. The number of nitriles is 1. The molecule has 2 aromatic rings. The summed E-state index contributed by atoms with van der Waals surface area (Å²) in [6.45, 7) is 17.0. The van der Waals surface area contributed by atoms with Crippen LogP contribution in [0.1, 0.15) is 86.0 Å². The molecule has 4 rings (SSSR count). The maximum Gasteiger partial charge on any atom is 0.410 e. The van der Waals surface area contributed by atoms with Crippen LogP contribution in [0.25, 0.3) is 5.57 Å². The molecule has 2 N–H and O–H groups in total. The fraction of sp³-hybridized carbons (Fsp3) is 0.559. The van der Waals surface area contributed by atoms with Gasteiger partial charge in [0.25, 0.3) is 5.91 Å². The third kappa shape index (κ3) is 9.53. The van der Waals surface area contributed by atoms with Crippen molar-refractivity contribution in [2.75, 3.05) is 38.1 Å². The third-order valence-electron chi connectivity index (χ3n) is 8.19. The van der Waals surface area contributed by atoms with Crippen LogP contribution in [0.3, 0.4) is 0 Å². The van der Waals surface area contributed by atoms with Crippen LogP contribution in [0.4, 0.5) is 10.5 Å². The van der Waals surface area contributed by atoms with Crippen molar-refractivity contribution in [1.29, 1.82) is 5.26 Å². The van der Waals surface area contributed by atoms with Crippen molar-refractivity contribution in [3.63, 3.8) is 0 Å². The molecule has 11 nitrogen and oxygen atoms in total. The number of hydrogen-bond acceptors (Lipinski definition) is 7. The van der Waals surface area contributed by atoms with E-state index in [1.165, 1.54) is 0 Å². The number of hydrogen-bond donors (Lipinski definition) is 2. The lowest BCUT2D eigenvalue weighted by molar-refractivity contribution is -0.129. The number of piperidine rings is 1. The van der Waals surface area contributed by atoms with Crippen LogP contribution in [-0.2, 0) is 20.9 Å². The number of carbonyl (C=O) groups excluding carboxylic acids is 3. The molecule has 0 radical (unpaired) electrons. The van der Waals surface area contributed by atoms with Gasteiger partial charge in [-0.05, 0) is 75.3 Å². The fourth-order valence-corrected chi connectivity index (χ4v) is 6.34. The molecule has 1 aromatic heterocycles. The third-order valence-corrected chi connectivity index (χ3v) is 9.90. The number of ether oxygens (including phenoxy) is 2. The number of aromatic amines is 1. The van der Waals surface area contributed by atoms with Gasteiger partial charge in [-0.15, -0.1) is 0 Å². The monoisotopic (exact) mass is 648 g/mol. The number of likely N-dealkylation sites (tertiary alicyclic amines) is 1. The van der Waals surface area contributed by atoms with Gasteiger partial charge in [0.15, 0.2) is 11.5 Å². The molecule has 0 spiro atoms. The zero-order valence-electron chi connectivity index (χ0n) is 28.3. The van der Waals surface area contributed by atoms with E-state index in [-0.39, 0.29) is 36.0 Å². The highest BCUT2D eigenvalue weighted by molar-refractivity contribution is 6.76. The van der Waals surface area contributed by atoms with E-state index >= 15 is 0 Å². The number of benzene rings is 1. The summed E-state index contributed by atoms with van der Waals surface area (Å²) in [6.07, 6.45) is 4.06. The predicted molar refractivity (Wildman–Crippen MR) is 180 cm³/mol. The zero-order valence-corrected chi connectivity index (χ0v) is 29.3. The summed E-state index contributed by atoms with van der Waals surface area (Å²) in [4.78, 5) is 49.2. The smallest absolute Gasteiger partial charge is 0.410 e. The topological polar surface area (TPSA) is 141 Å². The van der Waals surface area contributed by atoms with E-state index in [9.17, 15) is 19.6 Å². The van der Waals surface area contributed by atoms with Gasteiger partial charge in [0.1, 0.15) is 11.7 Å². The SMILES string of the molecule is CC(=O)N1CCC(c2ccc(NC(=O)c3nc(C#N)c(COCC[Si](C)(C)C)[nH]3)c(C3=CCCN(C(=O)OC(C)(C)C)C3)c2)CC1. The van der Waals surface area contributed by atoms with Crippen molar-refractivity contribution in [3.05, 3.63) is 52.6 Å². The van der Waals surface area contributed by atoms with Crippen molar-refractivity contribution >= 4 is 37.2 Å². The van der Waals surface area contributed by atoms with Crippen LogP contribution in [-0.4, -0.2) is 84.1 Å². The Morgan fingerprint density at radius 3 is 2.48 bits per heavy atom. The normalized spacial score (nSPS) is 16.1. The van der Waals surface area contributed by atoms with Crippen molar-refractivity contribution in [2.45, 2.75) is 90.8 Å². The first kappa shape index (κ1) is 34.9. The molecule has 1 fully saturated rings. The van der Waals surface area contributed by atoms with E-state index in [2.05, 4.69) is 53.1 Å². The van der Waals surface area contributed by atoms with Crippen molar-refractivity contribution in [1.82, 2.24) is 19.8 Å². The van der Waals surface area contributed by atoms with Crippen LogP contribution in [0.2, 0.25) is 25.7 Å². The molecule has 1 aromatic carbocycles. The lowest BCUT2D eigenvalue weighted by Gasteiger charge is -2.33. The minimum absolute atomic E-state index is 0.0278. The van der Waals surface area contributed by atoms with Crippen molar-refractivity contribution in [2.24, 2.45) is 0 Å². The van der Waals surface area contributed by atoms with Crippen LogP contribution in [0.15, 0.2) is 24.3 Å². The largest absolute Gasteiger partial charge is 0.444 e. The second-order valence-corrected chi connectivity index (χ2v) is 20.0. The van der Waals surface area contributed by atoms with E-state index < -0.39 is 19.6 Å². The summed E-state index contributed by atoms with van der Waals surface area (Å²) in [5.41, 5.74) is 3.41. The van der Waals surface area contributed by atoms with Gasteiger partial charge >= 0.3 is 6.09 Å². The molecule has 248 valence electrons. The first-order valence-electron chi connectivity index (χ1n) is 16.1. The summed E-state index contributed by atoms with van der Waals surface area (Å²) < 4.78 is 11.5. The Balaban J connectivity index is 1.58. The second-order valence-electron chi connectivity index (χ2n) is 14.3. The van der Waals surface area contributed by atoms with Crippen LogP contribution in [0, 0.1) is 11.3 Å². The Morgan fingerprint density at radius 1 is 1.13 bits per heavy atom. The maximum absolute atomic E-state index is 13.5. The fourth-order valence-electron chi connectivity index (χ4n) is 5.59. The molecule has 12 heteroatoms. The second kappa shape index (κ2) is 14.6. The molecule has 0 aliphatic carbocycles. The first-order valence-corrected chi connectivity index (χ1v) is 19.8. The Bertz CT molecular complexity index is 1510. The van der Waals surface area contributed by atoms with Gasteiger partial charge in [-0.3, -0.25) is 9.59 Å². The number of carbonyl (C=O) groups is 3. The number of rotatable bonds is 9. The highest BCUT2D eigenvalue weighted by atomic mass is 28.3. The molecule has 0 saturated carbocycles. The van der Waals surface area contributed by atoms with Gasteiger partial charge in [0.2, 0.25) is 5.91 Å². The van der Waals surface area contributed by atoms with Crippen molar-refractivity contribution in [3.8, 4) is 6.07 Å². The minimum atomic E-state index is -1.27. The lowest BCUT2D eigenvalue weighted by atomic mass is 9.86. The van der Waals surface area contributed by atoms with Gasteiger partial charge in [-0.1, -0.05) is 31.8 Å². The van der Waals surface area contributed by atoms with Crippen molar-refractivity contribution < 1.29 is 23.9 Å². The highest BCUT2D eigenvalue weighted by Gasteiger charge is 2.28. The van der Waals surface area contributed by atoms with Crippen LogP contribution in [0.5, 0.6) is 0 Å². The molecular weight excluding hydrogens is 600 g/mol. The summed E-state index contributed by atoms with van der Waals surface area (Å²) in [5, 5.41) is 12.7. The summed E-state index contributed by atoms with van der Waals surface area (Å²) in [7, 11) is -1.27. The molecular formula is C34H48N6O5Si. The Kier molecular flexibility index (Phi) is 11.1. The van der Waals surface area contributed by atoms with Crippen LogP contribution < -0.4 is 5.32 Å². The molecule has 2 aliphatic rings. The van der Waals surface area contributed by atoms with E-state index in [4.69, 9.17) is 9.47 Å². The number of anilines is 1. The minimum Gasteiger partial charge on any atom is -0.444 e. The summed E-state index contributed by atoms with van der Waals surface area (Å²) >= 11 is 0. The van der Waals surface area contributed by atoms with Gasteiger partial charge in [0, 0.05) is 59.0 Å². The summed E-state index contributed by atoms with van der Waals surface area (Å²) in [6, 6.07) is 9.06. The van der Waals surface area contributed by atoms with Gasteiger partial charge in [-0.2, -0.15) is 5.26 Å². The number of nitrogens with zero attached hydrogens (tertiary/aromatic N) is 4. The number of aromatic nitrogens is 2. The molecule has 0 atom stereocenters. The Hall–Kier alpha value is -3.95. The number of H-pyrrole nitrogens is 1. The molecule has 0 unspecified atom stereocenters. The van der Waals surface area contributed by atoms with E-state index in [0.29, 0.717) is 50.6 Å². The standard InChI is InChI=1S/C34H48N6O5Si/c1-23(41)39-15-12-24(13-16-39)25-10-11-28(27(19-25)26-9-8-14-40(21-26)33(43)45-34(2,3)4)38-32(42)31-36-29(20-35)30(37-31)22-44-17-18-46(5,6)7/h9-11,19,24H,8,12-18,21-22H2,1-7H3,(H,36,37)(H,38,42). The van der Waals surface area contributed by atoms with Crippen LogP contribution >= 0.6 is 0 Å². The number of amides is 3. The molecule has 3 heterocycles. The number of imidazole rings is 1. The zero-order chi connectivity index (χ0) is 33.6. The highest BCUT2D eigenvalue weighted by Crippen LogP contribution is 2.35. The molecule has 0 bridgehead atoms. The van der Waals surface area contributed by atoms with E-state index in [0.717, 1.165) is 35.6 Å². The lowest BCUT2D eigenvalue weighted by Crippen LogP contribution is -2.39. The maximum atomic E-state index is 13.5. The molecule has 1 saturated heterocycles. The summed E-state index contributed by atoms with van der Waals surface area (Å²) in [5.74, 6) is -0.100. The molecule has 3 amide bonds. The van der Waals surface area contributed by atoms with E-state index in [1.54, 1.807) is 11.8 Å². The average molecular weight is 649 g/mol. The molecule has 46 heavy (non-hydrogen) atoms. The Morgan fingerprint density at radius 2 is 1.85 bits per heavy atom. The Labute approximate surface area is 273 Å². The quantitative estimate of drug-likeness (QED) is 0.246. The van der Waals surface area contributed by atoms with E-state index in [1.807, 2.05) is 37.8 Å². The van der Waals surface area contributed by atoms with Gasteiger partial charge in [-0.25, -0.2) is 9.78 Å². The van der Waals surface area contributed by atoms with Gasteiger partial charge < -0.3 is 29.6 Å². The number of nitrogens with one attached hydrogen (secondary N) is 2. The average Bonchev–Trinajstić information content (AvgIpc) is 3.42. The molecule has 2 aliphatic heterocycles. The first-order chi connectivity index (χ1) is 21.6.